The summed E-state index contributed by atoms with van der Waals surface area (Å²) >= 11 is 0. The van der Waals surface area contributed by atoms with Crippen LogP contribution in [-0.4, -0.2) is 29.1 Å². The summed E-state index contributed by atoms with van der Waals surface area (Å²) in [5.74, 6) is -0.139. The lowest BCUT2D eigenvalue weighted by atomic mass is 10.0. The Morgan fingerprint density at radius 2 is 1.75 bits per heavy atom. The fourth-order valence-electron chi connectivity index (χ4n) is 3.42. The zero-order valence-corrected chi connectivity index (χ0v) is 18.1. The van der Waals surface area contributed by atoms with Gasteiger partial charge < -0.3 is 19.9 Å². The van der Waals surface area contributed by atoms with Crippen molar-refractivity contribution in [2.45, 2.75) is 20.8 Å². The number of nitrogens with zero attached hydrogens (tertiary/aromatic N) is 2. The van der Waals surface area contributed by atoms with Crippen LogP contribution in [0.2, 0.25) is 0 Å². The van der Waals surface area contributed by atoms with Crippen LogP contribution in [0.4, 0.5) is 11.4 Å². The highest BCUT2D eigenvalue weighted by Crippen LogP contribution is 2.31. The molecule has 0 radical (unpaired) electrons. The summed E-state index contributed by atoms with van der Waals surface area (Å²) in [5.41, 5.74) is 4.74. The molecular formula is C24H22N4O4. The number of carbonyl (C=O) groups excluding carboxylic acids is 2. The molecule has 4 aromatic rings. The lowest BCUT2D eigenvalue weighted by molar-refractivity contribution is -0.114. The van der Waals surface area contributed by atoms with Gasteiger partial charge in [-0.3, -0.25) is 9.59 Å². The van der Waals surface area contributed by atoms with Gasteiger partial charge in [-0.1, -0.05) is 35.0 Å². The summed E-state index contributed by atoms with van der Waals surface area (Å²) in [5, 5.41) is 10.1. The number of hydrogen-bond acceptors (Lipinski definition) is 6. The quantitative estimate of drug-likeness (QED) is 0.474. The fraction of sp³-hybridized carbons (Fsp3) is 0.167. The van der Waals surface area contributed by atoms with E-state index < -0.39 is 0 Å². The monoisotopic (exact) mass is 430 g/mol. The predicted octanol–water partition coefficient (Wildman–Crippen LogP) is 4.73. The first-order valence-electron chi connectivity index (χ1n) is 9.96. The second-order valence-corrected chi connectivity index (χ2v) is 7.42. The van der Waals surface area contributed by atoms with Crippen molar-refractivity contribution >= 4 is 34.3 Å². The average molecular weight is 430 g/mol. The molecule has 0 unspecified atom stereocenters. The highest BCUT2D eigenvalue weighted by Gasteiger charge is 2.20. The molecule has 0 saturated carbocycles. The number of nitrogens with one attached hydrogen (secondary N) is 2. The Morgan fingerprint density at radius 1 is 1.00 bits per heavy atom. The number of aryl methyl sites for hydroxylation is 2. The number of fused-ring (bicyclic) bond motifs is 1. The van der Waals surface area contributed by atoms with Crippen molar-refractivity contribution in [1.82, 2.24) is 10.1 Å². The third-order valence-electron chi connectivity index (χ3n) is 4.98. The maximum Gasteiger partial charge on any atom is 0.259 e. The minimum Gasteiger partial charge on any atom is -0.495 e. The van der Waals surface area contributed by atoms with Gasteiger partial charge in [0.25, 0.3) is 11.6 Å². The number of hydrogen-bond donors (Lipinski definition) is 2. The van der Waals surface area contributed by atoms with Crippen molar-refractivity contribution in [2.24, 2.45) is 0 Å². The number of carbonyl (C=O) groups is 2. The minimum atomic E-state index is -0.379. The topological polar surface area (TPSA) is 106 Å². The van der Waals surface area contributed by atoms with Crippen LogP contribution in [0.15, 0.2) is 53.1 Å². The highest BCUT2D eigenvalue weighted by atomic mass is 16.5. The third-order valence-corrected chi connectivity index (χ3v) is 4.98. The molecule has 162 valence electrons. The Bertz CT molecular complexity index is 1330. The predicted molar refractivity (Wildman–Crippen MR) is 122 cm³/mol. The van der Waals surface area contributed by atoms with Gasteiger partial charge in [0, 0.05) is 18.2 Å². The molecule has 0 saturated heterocycles. The van der Waals surface area contributed by atoms with Gasteiger partial charge in [0.1, 0.15) is 5.75 Å². The molecule has 8 heteroatoms. The Balaban J connectivity index is 1.77. The zero-order valence-electron chi connectivity index (χ0n) is 18.1. The van der Waals surface area contributed by atoms with Crippen LogP contribution in [-0.2, 0) is 4.79 Å². The summed E-state index contributed by atoms with van der Waals surface area (Å²) in [6.45, 7) is 5.17. The van der Waals surface area contributed by atoms with Gasteiger partial charge >= 0.3 is 0 Å². The van der Waals surface area contributed by atoms with Crippen LogP contribution in [0.3, 0.4) is 0 Å². The number of amides is 2. The van der Waals surface area contributed by atoms with Crippen LogP contribution in [0.1, 0.15) is 28.5 Å². The van der Waals surface area contributed by atoms with Gasteiger partial charge in [0.05, 0.1) is 35.1 Å². The number of ether oxygens (including phenoxy) is 1. The van der Waals surface area contributed by atoms with E-state index in [1.807, 2.05) is 31.2 Å². The SMILES string of the molecule is COc1ccc(NC(C)=O)cc1NC(=O)c1cc(-c2ccc(C)cc2)nc2onc(C)c12. The van der Waals surface area contributed by atoms with Gasteiger partial charge in [0.15, 0.2) is 0 Å². The Morgan fingerprint density at radius 3 is 2.44 bits per heavy atom. The molecule has 0 bridgehead atoms. The molecule has 2 N–H and O–H groups in total. The van der Waals surface area contributed by atoms with Crippen molar-refractivity contribution in [2.75, 3.05) is 17.7 Å². The molecule has 0 atom stereocenters. The van der Waals surface area contributed by atoms with Crippen LogP contribution in [0.5, 0.6) is 5.75 Å². The molecule has 2 aromatic heterocycles. The van der Waals surface area contributed by atoms with Gasteiger partial charge in [-0.05, 0) is 38.1 Å². The molecular weight excluding hydrogens is 408 g/mol. The number of pyridine rings is 1. The van der Waals surface area contributed by atoms with Crippen molar-refractivity contribution in [3.05, 3.63) is 65.4 Å². The Labute approximate surface area is 184 Å². The van der Waals surface area contributed by atoms with E-state index in [2.05, 4.69) is 20.8 Å². The first-order valence-corrected chi connectivity index (χ1v) is 9.96. The molecule has 0 aliphatic carbocycles. The second-order valence-electron chi connectivity index (χ2n) is 7.42. The van der Waals surface area contributed by atoms with Crippen molar-refractivity contribution in [3.8, 4) is 17.0 Å². The maximum atomic E-state index is 13.4. The molecule has 32 heavy (non-hydrogen) atoms. The van der Waals surface area contributed by atoms with E-state index in [9.17, 15) is 9.59 Å². The van der Waals surface area contributed by atoms with E-state index in [-0.39, 0.29) is 17.5 Å². The van der Waals surface area contributed by atoms with Gasteiger partial charge in [-0.25, -0.2) is 4.98 Å². The van der Waals surface area contributed by atoms with E-state index in [0.29, 0.717) is 39.5 Å². The molecule has 0 aliphatic rings. The fourth-order valence-corrected chi connectivity index (χ4v) is 3.42. The van der Waals surface area contributed by atoms with Crippen molar-refractivity contribution in [3.63, 3.8) is 0 Å². The zero-order chi connectivity index (χ0) is 22.8. The van der Waals surface area contributed by atoms with Gasteiger partial charge in [-0.2, -0.15) is 0 Å². The lowest BCUT2D eigenvalue weighted by Gasteiger charge is -2.13. The molecule has 2 amide bonds. The molecule has 2 aromatic carbocycles. The van der Waals surface area contributed by atoms with Crippen LogP contribution < -0.4 is 15.4 Å². The van der Waals surface area contributed by atoms with Crippen LogP contribution in [0, 0.1) is 13.8 Å². The minimum absolute atomic E-state index is 0.217. The molecule has 2 heterocycles. The normalized spacial score (nSPS) is 10.8. The lowest BCUT2D eigenvalue weighted by Crippen LogP contribution is -2.14. The second kappa shape index (κ2) is 8.50. The van der Waals surface area contributed by atoms with E-state index in [0.717, 1.165) is 11.1 Å². The molecule has 4 rings (SSSR count). The number of rotatable bonds is 5. The smallest absolute Gasteiger partial charge is 0.259 e. The highest BCUT2D eigenvalue weighted by molar-refractivity contribution is 6.13. The first kappa shape index (κ1) is 21.0. The molecule has 0 spiro atoms. The number of anilines is 2. The molecule has 0 aliphatic heterocycles. The first-order chi connectivity index (χ1) is 15.4. The summed E-state index contributed by atoms with van der Waals surface area (Å²) in [7, 11) is 1.51. The van der Waals surface area contributed by atoms with Gasteiger partial charge in [-0.15, -0.1) is 0 Å². The third kappa shape index (κ3) is 4.15. The van der Waals surface area contributed by atoms with Crippen molar-refractivity contribution in [1.29, 1.82) is 0 Å². The van der Waals surface area contributed by atoms with Gasteiger partial charge in [0.2, 0.25) is 5.91 Å². The van der Waals surface area contributed by atoms with Crippen LogP contribution in [0.25, 0.3) is 22.4 Å². The van der Waals surface area contributed by atoms with Crippen LogP contribution >= 0.6 is 0 Å². The standard InChI is InChI=1S/C24H22N4O4/c1-13-5-7-16(8-6-13)19-12-18(22-14(2)28-32-24(22)27-19)23(30)26-20-11-17(25-15(3)29)9-10-21(20)31-4/h5-12H,1-4H3,(H,25,29)(H,26,30). The average Bonchev–Trinajstić information content (AvgIpc) is 3.14. The number of benzene rings is 2. The Kier molecular flexibility index (Phi) is 5.59. The number of methoxy groups -OCH3 is 1. The number of aromatic nitrogens is 2. The summed E-state index contributed by atoms with van der Waals surface area (Å²) in [6, 6.07) is 14.6. The Hall–Kier alpha value is -4.20. The maximum absolute atomic E-state index is 13.4. The summed E-state index contributed by atoms with van der Waals surface area (Å²) in [4.78, 5) is 29.3. The van der Waals surface area contributed by atoms with Crippen molar-refractivity contribution < 1.29 is 18.8 Å². The summed E-state index contributed by atoms with van der Waals surface area (Å²) in [6.07, 6.45) is 0. The molecule has 8 nitrogen and oxygen atoms in total. The molecule has 0 fully saturated rings. The van der Waals surface area contributed by atoms with E-state index in [1.165, 1.54) is 14.0 Å². The van der Waals surface area contributed by atoms with E-state index in [1.54, 1.807) is 31.2 Å². The summed E-state index contributed by atoms with van der Waals surface area (Å²) < 4.78 is 10.7. The van der Waals surface area contributed by atoms with E-state index >= 15 is 0 Å². The largest absolute Gasteiger partial charge is 0.495 e. The van der Waals surface area contributed by atoms with E-state index in [4.69, 9.17) is 9.26 Å².